The zero-order valence-corrected chi connectivity index (χ0v) is 15.2. The Balaban J connectivity index is 5.21. The van der Waals surface area contributed by atoms with Crippen molar-refractivity contribution in [2.75, 3.05) is 13.2 Å². The number of hydrogen-bond acceptors (Lipinski definition) is 7. The van der Waals surface area contributed by atoms with Gasteiger partial charge < -0.3 is 37.6 Å². The fraction of sp³-hybridized carbons (Fsp3) is 0.667. The summed E-state index contributed by atoms with van der Waals surface area (Å²) in [5.41, 5.74) is 10.2. The molecule has 0 aromatic carbocycles. The van der Waals surface area contributed by atoms with Gasteiger partial charge in [-0.05, 0) is 12.3 Å². The molecule has 0 aromatic heterocycles. The molecule has 0 heterocycles. The summed E-state index contributed by atoms with van der Waals surface area (Å²) < 4.78 is 0. The Bertz CT molecular complexity index is 567. The molecule has 12 heteroatoms. The average Bonchev–Trinajstić information content (AvgIpc) is 2.59. The lowest BCUT2D eigenvalue weighted by Crippen LogP contribution is -2.58. The first-order valence-corrected chi connectivity index (χ1v) is 8.25. The molecule has 0 aromatic rings. The monoisotopic (exact) mass is 389 g/mol. The van der Waals surface area contributed by atoms with E-state index in [9.17, 15) is 24.0 Å². The van der Waals surface area contributed by atoms with E-state index in [4.69, 9.17) is 21.7 Å². The molecule has 3 atom stereocenters. The van der Waals surface area contributed by atoms with E-state index in [0.29, 0.717) is 0 Å². The molecule has 0 bridgehead atoms. The average molecular weight is 389 g/mol. The van der Waals surface area contributed by atoms with Crippen molar-refractivity contribution in [3.05, 3.63) is 0 Å². The Morgan fingerprint density at radius 2 is 1.56 bits per heavy atom. The Labute approximate surface area is 156 Å². The summed E-state index contributed by atoms with van der Waals surface area (Å²) in [7, 11) is 0. The lowest BCUT2D eigenvalue weighted by Gasteiger charge is -2.26. The van der Waals surface area contributed by atoms with Gasteiger partial charge >= 0.3 is 5.97 Å². The van der Waals surface area contributed by atoms with Crippen LogP contribution < -0.4 is 27.4 Å². The van der Waals surface area contributed by atoms with Crippen LogP contribution in [0.25, 0.3) is 0 Å². The van der Waals surface area contributed by atoms with Gasteiger partial charge in [0.25, 0.3) is 0 Å². The van der Waals surface area contributed by atoms with Gasteiger partial charge in [0.05, 0.1) is 13.2 Å². The van der Waals surface area contributed by atoms with Crippen molar-refractivity contribution in [2.24, 2.45) is 17.4 Å². The third kappa shape index (κ3) is 8.96. The molecule has 0 aliphatic heterocycles. The number of carbonyl (C=O) groups excluding carboxylic acids is 4. The van der Waals surface area contributed by atoms with Gasteiger partial charge in [-0.25, -0.2) is 4.79 Å². The van der Waals surface area contributed by atoms with Crippen molar-refractivity contribution in [2.45, 2.75) is 44.8 Å². The van der Waals surface area contributed by atoms with Crippen LogP contribution in [0.15, 0.2) is 0 Å². The van der Waals surface area contributed by atoms with Gasteiger partial charge in [-0.15, -0.1) is 0 Å². The van der Waals surface area contributed by atoms with Crippen LogP contribution in [-0.2, 0) is 24.0 Å². The maximum absolute atomic E-state index is 12.5. The topological polar surface area (TPSA) is 214 Å². The van der Waals surface area contributed by atoms with E-state index in [1.807, 2.05) is 0 Å². The number of nitrogens with two attached hydrogens (primary N) is 2. The minimum Gasteiger partial charge on any atom is -0.480 e. The zero-order valence-electron chi connectivity index (χ0n) is 15.2. The number of primary amides is 1. The summed E-state index contributed by atoms with van der Waals surface area (Å²) >= 11 is 0. The molecule has 0 aliphatic carbocycles. The number of carboxylic acids is 1. The summed E-state index contributed by atoms with van der Waals surface area (Å²) in [6.45, 7) is 2.01. The molecule has 0 radical (unpaired) electrons. The van der Waals surface area contributed by atoms with Crippen LogP contribution in [0.4, 0.5) is 0 Å². The highest BCUT2D eigenvalue weighted by Gasteiger charge is 2.31. The number of nitrogens with one attached hydrogen (secondary N) is 3. The van der Waals surface area contributed by atoms with Crippen molar-refractivity contribution in [1.29, 1.82) is 0 Å². The molecule has 0 fully saturated rings. The van der Waals surface area contributed by atoms with Crippen LogP contribution >= 0.6 is 0 Å². The van der Waals surface area contributed by atoms with Crippen molar-refractivity contribution in [3.63, 3.8) is 0 Å². The number of aliphatic carboxylic acids is 1. The lowest BCUT2D eigenvalue weighted by atomic mass is 10.0. The first-order chi connectivity index (χ1) is 12.5. The van der Waals surface area contributed by atoms with Crippen molar-refractivity contribution < 1.29 is 34.2 Å². The van der Waals surface area contributed by atoms with Gasteiger partial charge in [-0.2, -0.15) is 0 Å². The van der Waals surface area contributed by atoms with E-state index < -0.39 is 60.2 Å². The fourth-order valence-corrected chi connectivity index (χ4v) is 2.04. The number of amides is 4. The molecular formula is C15H27N5O7. The van der Waals surface area contributed by atoms with E-state index >= 15 is 0 Å². The maximum atomic E-state index is 12.5. The highest BCUT2D eigenvalue weighted by atomic mass is 16.4. The van der Waals surface area contributed by atoms with Crippen LogP contribution in [0.5, 0.6) is 0 Å². The minimum absolute atomic E-state index is 0.103. The van der Waals surface area contributed by atoms with Gasteiger partial charge in [0.2, 0.25) is 23.6 Å². The SMILES string of the molecule is CC(C)C(NC(=O)C(CCC(N)=O)NC(=O)CN)C(=O)NC(CO)C(=O)O. The van der Waals surface area contributed by atoms with Gasteiger partial charge in [-0.3, -0.25) is 19.2 Å². The van der Waals surface area contributed by atoms with E-state index in [1.54, 1.807) is 13.8 Å². The summed E-state index contributed by atoms with van der Waals surface area (Å²) in [6.07, 6.45) is -0.291. The number of hydrogen-bond donors (Lipinski definition) is 7. The molecule has 4 amide bonds. The molecular weight excluding hydrogens is 362 g/mol. The Hall–Kier alpha value is -2.73. The number of carboxylic acid groups (broad SMARTS) is 1. The van der Waals surface area contributed by atoms with Crippen molar-refractivity contribution in [3.8, 4) is 0 Å². The molecule has 0 aliphatic rings. The molecule has 27 heavy (non-hydrogen) atoms. The normalized spacial score (nSPS) is 14.0. The van der Waals surface area contributed by atoms with Crippen LogP contribution in [0.1, 0.15) is 26.7 Å². The smallest absolute Gasteiger partial charge is 0.328 e. The zero-order chi connectivity index (χ0) is 21.1. The second kappa shape index (κ2) is 11.8. The highest BCUT2D eigenvalue weighted by molar-refractivity contribution is 5.94. The third-order valence-corrected chi connectivity index (χ3v) is 3.56. The quantitative estimate of drug-likeness (QED) is 0.176. The van der Waals surface area contributed by atoms with Gasteiger partial charge in [-0.1, -0.05) is 13.8 Å². The van der Waals surface area contributed by atoms with E-state index in [0.717, 1.165) is 0 Å². The Morgan fingerprint density at radius 3 is 1.96 bits per heavy atom. The van der Waals surface area contributed by atoms with Gasteiger partial charge in [0, 0.05) is 6.42 Å². The predicted octanol–water partition coefficient (Wildman–Crippen LogP) is -3.60. The molecule has 3 unspecified atom stereocenters. The van der Waals surface area contributed by atoms with Gasteiger partial charge in [0.15, 0.2) is 0 Å². The number of carbonyl (C=O) groups is 5. The summed E-state index contributed by atoms with van der Waals surface area (Å²) in [5.74, 6) is -4.78. The molecule has 12 nitrogen and oxygen atoms in total. The molecule has 0 spiro atoms. The van der Waals surface area contributed by atoms with Crippen LogP contribution in [-0.4, -0.2) is 71.1 Å². The standard InChI is InChI=1S/C15H27N5O7/c1-7(2)12(14(25)19-9(6-21)15(26)27)20-13(24)8(3-4-10(17)22)18-11(23)5-16/h7-9,12,21H,3-6,16H2,1-2H3,(H2,17,22)(H,18,23)(H,19,25)(H,20,24)(H,26,27). The van der Waals surface area contributed by atoms with E-state index in [-0.39, 0.29) is 19.4 Å². The van der Waals surface area contributed by atoms with Crippen molar-refractivity contribution in [1.82, 2.24) is 16.0 Å². The summed E-state index contributed by atoms with van der Waals surface area (Å²) in [6, 6.07) is -3.83. The molecule has 154 valence electrons. The van der Waals surface area contributed by atoms with Crippen LogP contribution in [0, 0.1) is 5.92 Å². The van der Waals surface area contributed by atoms with Crippen LogP contribution in [0.3, 0.4) is 0 Å². The predicted molar refractivity (Wildman–Crippen MR) is 92.8 cm³/mol. The molecule has 0 rings (SSSR count). The number of aliphatic hydroxyl groups is 1. The molecule has 0 saturated heterocycles. The second-order valence-electron chi connectivity index (χ2n) is 6.14. The van der Waals surface area contributed by atoms with Crippen molar-refractivity contribution >= 4 is 29.6 Å². The third-order valence-electron chi connectivity index (χ3n) is 3.56. The maximum Gasteiger partial charge on any atom is 0.328 e. The lowest BCUT2D eigenvalue weighted by molar-refractivity contribution is -0.143. The minimum atomic E-state index is -1.53. The first kappa shape index (κ1) is 24.3. The Kier molecular flexibility index (Phi) is 10.6. The van der Waals surface area contributed by atoms with E-state index in [1.165, 1.54) is 0 Å². The number of rotatable bonds is 12. The van der Waals surface area contributed by atoms with Gasteiger partial charge in [0.1, 0.15) is 18.1 Å². The number of aliphatic hydroxyl groups excluding tert-OH is 1. The summed E-state index contributed by atoms with van der Waals surface area (Å²) in [4.78, 5) is 58.1. The second-order valence-corrected chi connectivity index (χ2v) is 6.14. The Morgan fingerprint density at radius 1 is 0.963 bits per heavy atom. The fourth-order valence-electron chi connectivity index (χ4n) is 2.04. The summed E-state index contributed by atoms with van der Waals surface area (Å²) in [5, 5.41) is 24.7. The highest BCUT2D eigenvalue weighted by Crippen LogP contribution is 2.05. The van der Waals surface area contributed by atoms with Crippen LogP contribution in [0.2, 0.25) is 0 Å². The largest absolute Gasteiger partial charge is 0.480 e. The first-order valence-electron chi connectivity index (χ1n) is 8.25. The molecule has 9 N–H and O–H groups in total. The van der Waals surface area contributed by atoms with E-state index in [2.05, 4.69) is 16.0 Å². The molecule has 0 saturated carbocycles.